The van der Waals surface area contributed by atoms with Gasteiger partial charge in [0.25, 0.3) is 0 Å². The van der Waals surface area contributed by atoms with Gasteiger partial charge in [0, 0.05) is 16.5 Å². The van der Waals surface area contributed by atoms with Crippen molar-refractivity contribution in [3.63, 3.8) is 0 Å². The van der Waals surface area contributed by atoms with Crippen LogP contribution in [0.1, 0.15) is 45.7 Å². The predicted molar refractivity (Wildman–Crippen MR) is 110 cm³/mol. The molecule has 2 aromatic carbocycles. The van der Waals surface area contributed by atoms with Crippen LogP contribution in [0.3, 0.4) is 0 Å². The Labute approximate surface area is 162 Å². The number of ether oxygens (including phenoxy) is 1. The Bertz CT molecular complexity index is 1210. The summed E-state index contributed by atoms with van der Waals surface area (Å²) in [5.74, 6) is 0.344. The van der Waals surface area contributed by atoms with Crippen LogP contribution in [0, 0.1) is 0 Å². The molecule has 2 heterocycles. The highest BCUT2D eigenvalue weighted by Crippen LogP contribution is 2.52. The number of fused-ring (bicyclic) bond motifs is 4. The smallest absolute Gasteiger partial charge is 0.204 e. The van der Waals surface area contributed by atoms with Gasteiger partial charge in [0.2, 0.25) is 5.43 Å². The van der Waals surface area contributed by atoms with Crippen molar-refractivity contribution in [1.82, 2.24) is 0 Å². The molecule has 0 bridgehead atoms. The number of rotatable bonds is 2. The second-order valence-corrected chi connectivity index (χ2v) is 8.29. The van der Waals surface area contributed by atoms with Crippen molar-refractivity contribution >= 4 is 21.9 Å². The van der Waals surface area contributed by atoms with Gasteiger partial charge in [0.05, 0.1) is 5.39 Å². The van der Waals surface area contributed by atoms with E-state index in [1.807, 2.05) is 40.7 Å². The van der Waals surface area contributed by atoms with Crippen LogP contribution in [-0.4, -0.2) is 16.3 Å². The molecule has 0 aliphatic carbocycles. The summed E-state index contributed by atoms with van der Waals surface area (Å²) in [5, 5.41) is 21.7. The largest absolute Gasteiger partial charge is 0.507 e. The second kappa shape index (κ2) is 6.03. The van der Waals surface area contributed by atoms with Crippen LogP contribution < -0.4 is 10.2 Å². The molecule has 4 rings (SSSR count). The van der Waals surface area contributed by atoms with Gasteiger partial charge in [-0.25, -0.2) is 0 Å². The molecular formula is C23H24O5. The van der Waals surface area contributed by atoms with Crippen LogP contribution in [0.15, 0.2) is 39.1 Å². The fraction of sp³-hybridized carbons (Fsp3) is 0.348. The van der Waals surface area contributed by atoms with E-state index in [1.54, 1.807) is 12.1 Å². The highest BCUT2D eigenvalue weighted by molar-refractivity contribution is 5.99. The Balaban J connectivity index is 2.23. The van der Waals surface area contributed by atoms with Crippen molar-refractivity contribution in [2.75, 3.05) is 0 Å². The first kappa shape index (κ1) is 18.4. The molecule has 28 heavy (non-hydrogen) atoms. The van der Waals surface area contributed by atoms with Gasteiger partial charge in [-0.3, -0.25) is 4.79 Å². The molecule has 1 aromatic heterocycles. The number of aromatic hydroxyl groups is 2. The number of phenolic OH excluding ortho intramolecular Hbond substituents is 2. The Morgan fingerprint density at radius 3 is 2.61 bits per heavy atom. The molecule has 0 saturated carbocycles. The lowest BCUT2D eigenvalue weighted by atomic mass is 9.79. The number of hydrogen-bond donors (Lipinski definition) is 2. The number of allylic oxidation sites excluding steroid dienone is 2. The first-order valence-corrected chi connectivity index (χ1v) is 9.41. The standard InChI is InChI=1S/C23H24O5/c1-11(2)9-10-14-19(26)16-18(25)13-7-6-8-15(24)20(13)28-22(16)17-21(14)27-12(3)23(17,4)5/h6-9,12,24,26H,10H2,1-5H3. The van der Waals surface area contributed by atoms with Gasteiger partial charge in [-0.2, -0.15) is 0 Å². The summed E-state index contributed by atoms with van der Waals surface area (Å²) in [5.41, 5.74) is 2.06. The highest BCUT2D eigenvalue weighted by atomic mass is 16.5. The summed E-state index contributed by atoms with van der Waals surface area (Å²) in [4.78, 5) is 13.3. The molecule has 0 amide bonds. The van der Waals surface area contributed by atoms with Crippen molar-refractivity contribution in [2.45, 2.75) is 52.6 Å². The van der Waals surface area contributed by atoms with E-state index >= 15 is 0 Å². The number of phenols is 2. The molecule has 1 atom stereocenters. The average Bonchev–Trinajstić information content (AvgIpc) is 2.85. The summed E-state index contributed by atoms with van der Waals surface area (Å²) in [6, 6.07) is 4.65. The van der Waals surface area contributed by atoms with Crippen molar-refractivity contribution in [3.05, 3.63) is 51.2 Å². The van der Waals surface area contributed by atoms with Gasteiger partial charge >= 0.3 is 0 Å². The number of para-hydroxylation sites is 1. The van der Waals surface area contributed by atoms with E-state index in [-0.39, 0.29) is 45.0 Å². The van der Waals surface area contributed by atoms with Crippen LogP contribution in [0.25, 0.3) is 21.9 Å². The molecule has 0 spiro atoms. The van der Waals surface area contributed by atoms with Gasteiger partial charge < -0.3 is 19.4 Å². The minimum atomic E-state index is -0.435. The topological polar surface area (TPSA) is 79.9 Å². The molecule has 1 aliphatic rings. The molecule has 146 valence electrons. The van der Waals surface area contributed by atoms with Crippen LogP contribution >= 0.6 is 0 Å². The lowest BCUT2D eigenvalue weighted by Crippen LogP contribution is -2.29. The van der Waals surface area contributed by atoms with E-state index in [9.17, 15) is 15.0 Å². The summed E-state index contributed by atoms with van der Waals surface area (Å²) in [7, 11) is 0. The van der Waals surface area contributed by atoms with Gasteiger partial charge in [-0.1, -0.05) is 31.6 Å². The molecule has 1 aliphatic heterocycles. The predicted octanol–water partition coefficient (Wildman–Crippen LogP) is 4.92. The second-order valence-electron chi connectivity index (χ2n) is 8.29. The zero-order valence-electron chi connectivity index (χ0n) is 16.7. The fourth-order valence-corrected chi connectivity index (χ4v) is 3.84. The van der Waals surface area contributed by atoms with E-state index < -0.39 is 5.41 Å². The highest BCUT2D eigenvalue weighted by Gasteiger charge is 2.44. The zero-order chi connectivity index (χ0) is 20.4. The third-order valence-corrected chi connectivity index (χ3v) is 5.82. The SMILES string of the molecule is CC(C)=CCc1c2c(c3oc4c(O)cccc4c(=O)c3c1O)C(C)(C)C(C)O2. The molecule has 3 aromatic rings. The third-order valence-electron chi connectivity index (χ3n) is 5.82. The summed E-state index contributed by atoms with van der Waals surface area (Å²) in [6.07, 6.45) is 2.28. The van der Waals surface area contributed by atoms with Gasteiger partial charge in [0.1, 0.15) is 28.6 Å². The molecule has 5 heteroatoms. The molecule has 0 saturated heterocycles. The lowest BCUT2D eigenvalue weighted by Gasteiger charge is -2.22. The Morgan fingerprint density at radius 2 is 1.93 bits per heavy atom. The number of benzene rings is 2. The Morgan fingerprint density at radius 1 is 1.21 bits per heavy atom. The molecule has 1 unspecified atom stereocenters. The van der Waals surface area contributed by atoms with Crippen molar-refractivity contribution in [2.24, 2.45) is 0 Å². The summed E-state index contributed by atoms with van der Waals surface area (Å²) >= 11 is 0. The lowest BCUT2D eigenvalue weighted by molar-refractivity contribution is 0.184. The Hall–Kier alpha value is -2.95. The molecule has 0 fully saturated rings. The minimum absolute atomic E-state index is 0.108. The van der Waals surface area contributed by atoms with Crippen molar-refractivity contribution < 1.29 is 19.4 Å². The zero-order valence-corrected chi connectivity index (χ0v) is 16.7. The number of hydrogen-bond acceptors (Lipinski definition) is 5. The first-order chi connectivity index (χ1) is 13.1. The molecule has 0 radical (unpaired) electrons. The van der Waals surface area contributed by atoms with Gasteiger partial charge in [-0.05, 0) is 39.3 Å². The van der Waals surface area contributed by atoms with Gasteiger partial charge in [-0.15, -0.1) is 0 Å². The molecule has 5 nitrogen and oxygen atoms in total. The average molecular weight is 380 g/mol. The molecule has 2 N–H and O–H groups in total. The summed E-state index contributed by atoms with van der Waals surface area (Å²) < 4.78 is 12.2. The van der Waals surface area contributed by atoms with Gasteiger partial charge in [0.15, 0.2) is 11.3 Å². The maximum absolute atomic E-state index is 13.3. The minimum Gasteiger partial charge on any atom is -0.507 e. The van der Waals surface area contributed by atoms with E-state index in [1.165, 1.54) is 6.07 Å². The maximum Gasteiger partial charge on any atom is 0.204 e. The van der Waals surface area contributed by atoms with Crippen LogP contribution in [0.2, 0.25) is 0 Å². The van der Waals surface area contributed by atoms with E-state index in [0.717, 1.165) is 11.1 Å². The molecular weight excluding hydrogens is 356 g/mol. The van der Waals surface area contributed by atoms with E-state index in [0.29, 0.717) is 17.7 Å². The van der Waals surface area contributed by atoms with Crippen LogP contribution in [0.5, 0.6) is 17.2 Å². The van der Waals surface area contributed by atoms with E-state index in [2.05, 4.69) is 0 Å². The Kier molecular flexibility index (Phi) is 3.96. The normalized spacial score (nSPS) is 17.5. The summed E-state index contributed by atoms with van der Waals surface area (Å²) in [6.45, 7) is 9.98. The third kappa shape index (κ3) is 2.42. The van der Waals surface area contributed by atoms with Crippen molar-refractivity contribution in [1.29, 1.82) is 0 Å². The monoisotopic (exact) mass is 380 g/mol. The van der Waals surface area contributed by atoms with E-state index in [4.69, 9.17) is 9.15 Å². The maximum atomic E-state index is 13.3. The van der Waals surface area contributed by atoms with Crippen LogP contribution in [0.4, 0.5) is 0 Å². The fourth-order valence-electron chi connectivity index (χ4n) is 3.84. The van der Waals surface area contributed by atoms with Crippen molar-refractivity contribution in [3.8, 4) is 17.2 Å². The van der Waals surface area contributed by atoms with Crippen LogP contribution in [-0.2, 0) is 11.8 Å². The quantitative estimate of drug-likeness (QED) is 0.487. The first-order valence-electron chi connectivity index (χ1n) is 9.41.